The molecule has 0 amide bonds. The van der Waals surface area contributed by atoms with Gasteiger partial charge in [0.1, 0.15) is 5.75 Å². The number of sulfonamides is 1. The van der Waals surface area contributed by atoms with Gasteiger partial charge in [0, 0.05) is 0 Å². The van der Waals surface area contributed by atoms with Crippen molar-refractivity contribution in [3.8, 4) is 5.75 Å². The third-order valence-corrected chi connectivity index (χ3v) is 3.29. The van der Waals surface area contributed by atoms with E-state index in [4.69, 9.17) is 9.88 Å². The van der Waals surface area contributed by atoms with Gasteiger partial charge >= 0.3 is 0 Å². The molecule has 1 aromatic carbocycles. The van der Waals surface area contributed by atoms with Crippen LogP contribution in [0.15, 0.2) is 24.3 Å². The van der Waals surface area contributed by atoms with Crippen LogP contribution in [-0.4, -0.2) is 21.3 Å². The van der Waals surface area contributed by atoms with Crippen molar-refractivity contribution >= 4 is 10.0 Å². The zero-order chi connectivity index (χ0) is 12.2. The molecule has 5 heteroatoms. The lowest BCUT2D eigenvalue weighted by Gasteiger charge is -2.10. The van der Waals surface area contributed by atoms with E-state index in [1.165, 1.54) is 0 Å². The highest BCUT2D eigenvalue weighted by Gasteiger charge is 2.11. The minimum absolute atomic E-state index is 0.0129. The maximum atomic E-state index is 10.9. The fraction of sp³-hybridized carbons (Fsp3) is 0.455. The second-order valence-electron chi connectivity index (χ2n) is 3.99. The number of ether oxygens (including phenoxy) is 1. The van der Waals surface area contributed by atoms with E-state index >= 15 is 0 Å². The summed E-state index contributed by atoms with van der Waals surface area (Å²) >= 11 is 0. The largest absolute Gasteiger partial charge is 0.497 e. The monoisotopic (exact) mass is 243 g/mol. The number of methoxy groups -OCH3 is 1. The summed E-state index contributed by atoms with van der Waals surface area (Å²) < 4.78 is 26.8. The Hall–Kier alpha value is -1.07. The predicted octanol–water partition coefficient (Wildman–Crippen LogP) is 1.16. The van der Waals surface area contributed by atoms with Crippen molar-refractivity contribution in [2.24, 2.45) is 11.1 Å². The zero-order valence-electron chi connectivity index (χ0n) is 9.51. The van der Waals surface area contributed by atoms with Gasteiger partial charge in [-0.05, 0) is 30.0 Å². The average Bonchev–Trinajstić information content (AvgIpc) is 2.16. The Bertz CT molecular complexity index is 425. The standard InChI is InChI=1S/C11H17NO3S/c1-9(8-16(12,13)14)7-10-3-5-11(15-2)6-4-10/h3-6,9H,7-8H2,1-2H3,(H2,12,13,14). The molecule has 2 N–H and O–H groups in total. The third-order valence-electron chi connectivity index (χ3n) is 2.26. The molecule has 0 aromatic heterocycles. The smallest absolute Gasteiger partial charge is 0.209 e. The number of hydrogen-bond donors (Lipinski definition) is 1. The van der Waals surface area contributed by atoms with Crippen LogP contribution < -0.4 is 9.88 Å². The van der Waals surface area contributed by atoms with E-state index in [1.807, 2.05) is 31.2 Å². The lowest BCUT2D eigenvalue weighted by molar-refractivity contribution is 0.414. The molecule has 4 nitrogen and oxygen atoms in total. The molecule has 0 spiro atoms. The van der Waals surface area contributed by atoms with Crippen molar-refractivity contribution in [1.82, 2.24) is 0 Å². The summed E-state index contributed by atoms with van der Waals surface area (Å²) in [7, 11) is -1.77. The van der Waals surface area contributed by atoms with Gasteiger partial charge in [-0.25, -0.2) is 13.6 Å². The fourth-order valence-corrected chi connectivity index (χ4v) is 2.53. The summed E-state index contributed by atoms with van der Waals surface area (Å²) in [6, 6.07) is 7.58. The number of nitrogens with two attached hydrogens (primary N) is 1. The van der Waals surface area contributed by atoms with Gasteiger partial charge in [-0.3, -0.25) is 0 Å². The third kappa shape index (κ3) is 4.63. The lowest BCUT2D eigenvalue weighted by atomic mass is 10.0. The number of benzene rings is 1. The van der Waals surface area contributed by atoms with Crippen molar-refractivity contribution in [3.63, 3.8) is 0 Å². The first kappa shape index (κ1) is 13.0. The molecule has 1 aromatic rings. The summed E-state index contributed by atoms with van der Waals surface area (Å²) in [5.74, 6) is 0.824. The summed E-state index contributed by atoms with van der Waals surface area (Å²) in [6.45, 7) is 1.87. The molecule has 0 aliphatic heterocycles. The lowest BCUT2D eigenvalue weighted by Crippen LogP contribution is -2.22. The molecule has 0 heterocycles. The van der Waals surface area contributed by atoms with Gasteiger partial charge < -0.3 is 4.74 Å². The normalized spacial score (nSPS) is 13.4. The van der Waals surface area contributed by atoms with E-state index in [1.54, 1.807) is 7.11 Å². The van der Waals surface area contributed by atoms with Crippen LogP contribution in [0.4, 0.5) is 0 Å². The minimum Gasteiger partial charge on any atom is -0.497 e. The van der Waals surface area contributed by atoms with E-state index in [9.17, 15) is 8.42 Å². The van der Waals surface area contributed by atoms with Crippen molar-refractivity contribution in [2.45, 2.75) is 13.3 Å². The Kier molecular flexibility index (Phi) is 4.32. The molecule has 0 saturated heterocycles. The van der Waals surface area contributed by atoms with E-state index in [2.05, 4.69) is 0 Å². The summed E-state index contributed by atoms with van der Waals surface area (Å²) in [4.78, 5) is 0. The van der Waals surface area contributed by atoms with E-state index < -0.39 is 10.0 Å². The average molecular weight is 243 g/mol. The van der Waals surface area contributed by atoms with Gasteiger partial charge in [0.25, 0.3) is 0 Å². The van der Waals surface area contributed by atoms with E-state index in [-0.39, 0.29) is 11.7 Å². The number of primary sulfonamides is 1. The molecule has 0 saturated carbocycles. The van der Waals surface area contributed by atoms with Gasteiger partial charge in [0.05, 0.1) is 12.9 Å². The van der Waals surface area contributed by atoms with Gasteiger partial charge in [0.15, 0.2) is 0 Å². The summed E-state index contributed by atoms with van der Waals surface area (Å²) in [5, 5.41) is 4.99. The van der Waals surface area contributed by atoms with Crippen LogP contribution in [-0.2, 0) is 16.4 Å². The van der Waals surface area contributed by atoms with E-state index in [0.717, 1.165) is 11.3 Å². The Labute approximate surface area is 96.5 Å². The van der Waals surface area contributed by atoms with Crippen molar-refractivity contribution in [2.75, 3.05) is 12.9 Å². The molecule has 90 valence electrons. The Morgan fingerprint density at radius 3 is 2.31 bits per heavy atom. The van der Waals surface area contributed by atoms with Crippen LogP contribution in [0.1, 0.15) is 12.5 Å². The van der Waals surface area contributed by atoms with Gasteiger partial charge in [-0.1, -0.05) is 19.1 Å². The molecular formula is C11H17NO3S. The maximum absolute atomic E-state index is 10.9. The number of rotatable bonds is 5. The highest BCUT2D eigenvalue weighted by Crippen LogP contribution is 2.15. The Morgan fingerprint density at radius 1 is 1.31 bits per heavy atom. The topological polar surface area (TPSA) is 69.4 Å². The van der Waals surface area contributed by atoms with E-state index in [0.29, 0.717) is 6.42 Å². The molecular weight excluding hydrogens is 226 g/mol. The first-order valence-corrected chi connectivity index (χ1v) is 6.75. The minimum atomic E-state index is -3.38. The van der Waals surface area contributed by atoms with Gasteiger partial charge in [-0.15, -0.1) is 0 Å². The molecule has 1 unspecified atom stereocenters. The van der Waals surface area contributed by atoms with Crippen LogP contribution in [0.3, 0.4) is 0 Å². The summed E-state index contributed by atoms with van der Waals surface area (Å²) in [5.41, 5.74) is 1.08. The van der Waals surface area contributed by atoms with Crippen LogP contribution in [0.2, 0.25) is 0 Å². The predicted molar refractivity (Wildman–Crippen MR) is 63.8 cm³/mol. The molecule has 0 radical (unpaired) electrons. The molecule has 1 rings (SSSR count). The summed E-state index contributed by atoms with van der Waals surface area (Å²) in [6.07, 6.45) is 0.695. The van der Waals surface area contributed by atoms with Crippen molar-refractivity contribution in [3.05, 3.63) is 29.8 Å². The first-order valence-electron chi connectivity index (χ1n) is 5.04. The molecule has 16 heavy (non-hydrogen) atoms. The van der Waals surface area contributed by atoms with Gasteiger partial charge in [-0.2, -0.15) is 0 Å². The van der Waals surface area contributed by atoms with Crippen LogP contribution in [0.25, 0.3) is 0 Å². The molecule has 0 fully saturated rings. The second kappa shape index (κ2) is 5.32. The molecule has 0 aliphatic rings. The maximum Gasteiger partial charge on any atom is 0.209 e. The zero-order valence-corrected chi connectivity index (χ0v) is 10.3. The molecule has 0 aliphatic carbocycles. The highest BCUT2D eigenvalue weighted by molar-refractivity contribution is 7.89. The SMILES string of the molecule is COc1ccc(CC(C)CS(N)(=O)=O)cc1. The molecule has 0 bridgehead atoms. The van der Waals surface area contributed by atoms with Crippen LogP contribution >= 0.6 is 0 Å². The fourth-order valence-electron chi connectivity index (χ4n) is 1.62. The van der Waals surface area contributed by atoms with Crippen molar-refractivity contribution < 1.29 is 13.2 Å². The quantitative estimate of drug-likeness (QED) is 0.843. The second-order valence-corrected chi connectivity index (χ2v) is 5.65. The van der Waals surface area contributed by atoms with Crippen LogP contribution in [0.5, 0.6) is 5.75 Å². The van der Waals surface area contributed by atoms with Gasteiger partial charge in [0.2, 0.25) is 10.0 Å². The van der Waals surface area contributed by atoms with Crippen LogP contribution in [0, 0.1) is 5.92 Å². The Morgan fingerprint density at radius 2 is 1.88 bits per heavy atom. The highest BCUT2D eigenvalue weighted by atomic mass is 32.2. The van der Waals surface area contributed by atoms with Crippen molar-refractivity contribution in [1.29, 1.82) is 0 Å². The Balaban J connectivity index is 2.59. The molecule has 1 atom stereocenters. The first-order chi connectivity index (χ1) is 7.40. The number of hydrogen-bond acceptors (Lipinski definition) is 3.